The predicted octanol–water partition coefficient (Wildman–Crippen LogP) is 1.02. The molecular weight excluding hydrogens is 190 g/mol. The van der Waals surface area contributed by atoms with Gasteiger partial charge >= 0.3 is 0 Å². The normalized spacial score (nSPS) is 24.9. The van der Waals surface area contributed by atoms with Crippen LogP contribution in [0.5, 0.6) is 0 Å². The maximum absolute atomic E-state index is 11.6. The first-order valence-corrected chi connectivity index (χ1v) is 6.00. The number of likely N-dealkylation sites (tertiary alicyclic amines) is 1. The van der Waals surface area contributed by atoms with Gasteiger partial charge in [-0.2, -0.15) is 0 Å². The Kier molecular flexibility index (Phi) is 5.05. The smallest absolute Gasteiger partial charge is 0.251 e. The number of nitrogens with two attached hydrogens (primary N) is 1. The number of hydrazine groups is 1. The standard InChI is InChI=1S/C11H23N3O/c1-3-9-7-5-6-8-14(9)10(4-2)11(15)13-12/h9-10H,3-8,12H2,1-2H3,(H,13,15). The lowest BCUT2D eigenvalue weighted by Crippen LogP contribution is -2.53. The molecule has 0 radical (unpaired) electrons. The molecule has 88 valence electrons. The Morgan fingerprint density at radius 3 is 2.80 bits per heavy atom. The van der Waals surface area contributed by atoms with Crippen LogP contribution in [0, 0.1) is 0 Å². The molecule has 2 atom stereocenters. The Morgan fingerprint density at radius 2 is 2.27 bits per heavy atom. The first-order chi connectivity index (χ1) is 7.24. The first-order valence-electron chi connectivity index (χ1n) is 6.00. The molecule has 1 heterocycles. The van der Waals surface area contributed by atoms with E-state index in [0.29, 0.717) is 6.04 Å². The first kappa shape index (κ1) is 12.5. The molecule has 1 aliphatic rings. The molecular formula is C11H23N3O. The molecule has 0 aromatic carbocycles. The van der Waals surface area contributed by atoms with Gasteiger partial charge < -0.3 is 0 Å². The van der Waals surface area contributed by atoms with Gasteiger partial charge in [-0.3, -0.25) is 15.1 Å². The topological polar surface area (TPSA) is 58.4 Å². The van der Waals surface area contributed by atoms with E-state index in [1.165, 1.54) is 19.3 Å². The highest BCUT2D eigenvalue weighted by Gasteiger charge is 2.30. The summed E-state index contributed by atoms with van der Waals surface area (Å²) in [4.78, 5) is 14.0. The summed E-state index contributed by atoms with van der Waals surface area (Å²) in [7, 11) is 0. The van der Waals surface area contributed by atoms with Crippen LogP contribution in [0.15, 0.2) is 0 Å². The highest BCUT2D eigenvalue weighted by atomic mass is 16.2. The van der Waals surface area contributed by atoms with E-state index in [-0.39, 0.29) is 11.9 Å². The van der Waals surface area contributed by atoms with Crippen molar-refractivity contribution in [3.8, 4) is 0 Å². The lowest BCUT2D eigenvalue weighted by Gasteiger charge is -2.39. The minimum Gasteiger partial charge on any atom is -0.293 e. The van der Waals surface area contributed by atoms with Gasteiger partial charge in [0.15, 0.2) is 0 Å². The van der Waals surface area contributed by atoms with Crippen LogP contribution in [-0.2, 0) is 4.79 Å². The molecule has 1 fully saturated rings. The number of piperidine rings is 1. The van der Waals surface area contributed by atoms with Gasteiger partial charge in [0.1, 0.15) is 0 Å². The number of amides is 1. The monoisotopic (exact) mass is 213 g/mol. The van der Waals surface area contributed by atoms with Crippen molar-refractivity contribution in [3.05, 3.63) is 0 Å². The average Bonchev–Trinajstić information content (AvgIpc) is 2.30. The van der Waals surface area contributed by atoms with E-state index in [9.17, 15) is 4.79 Å². The highest BCUT2D eigenvalue weighted by Crippen LogP contribution is 2.23. The van der Waals surface area contributed by atoms with E-state index < -0.39 is 0 Å². The largest absolute Gasteiger partial charge is 0.293 e. The molecule has 0 aliphatic carbocycles. The Bertz CT molecular complexity index is 208. The van der Waals surface area contributed by atoms with Gasteiger partial charge in [0.05, 0.1) is 6.04 Å². The van der Waals surface area contributed by atoms with Gasteiger partial charge in [-0.25, -0.2) is 5.84 Å². The van der Waals surface area contributed by atoms with Crippen molar-refractivity contribution in [2.45, 2.75) is 58.0 Å². The van der Waals surface area contributed by atoms with Crippen molar-refractivity contribution in [2.75, 3.05) is 6.54 Å². The second kappa shape index (κ2) is 6.08. The fraction of sp³-hybridized carbons (Fsp3) is 0.909. The third-order valence-electron chi connectivity index (χ3n) is 3.38. The van der Waals surface area contributed by atoms with E-state index in [4.69, 9.17) is 5.84 Å². The number of nitrogens with zero attached hydrogens (tertiary/aromatic N) is 1. The molecule has 0 bridgehead atoms. The Morgan fingerprint density at radius 1 is 1.53 bits per heavy atom. The van der Waals surface area contributed by atoms with Crippen molar-refractivity contribution in [3.63, 3.8) is 0 Å². The average molecular weight is 213 g/mol. The molecule has 1 aliphatic heterocycles. The molecule has 4 heteroatoms. The molecule has 0 aromatic rings. The van der Waals surface area contributed by atoms with Crippen LogP contribution in [0.4, 0.5) is 0 Å². The van der Waals surface area contributed by atoms with Crippen LogP contribution in [-0.4, -0.2) is 29.4 Å². The van der Waals surface area contributed by atoms with E-state index >= 15 is 0 Å². The van der Waals surface area contributed by atoms with Crippen molar-refractivity contribution >= 4 is 5.91 Å². The molecule has 1 amide bonds. The van der Waals surface area contributed by atoms with Gasteiger partial charge in [0.25, 0.3) is 5.91 Å². The molecule has 4 nitrogen and oxygen atoms in total. The summed E-state index contributed by atoms with van der Waals surface area (Å²) in [5, 5.41) is 0. The molecule has 0 spiro atoms. The quantitative estimate of drug-likeness (QED) is 0.416. The highest BCUT2D eigenvalue weighted by molar-refractivity contribution is 5.81. The summed E-state index contributed by atoms with van der Waals surface area (Å²) in [5.41, 5.74) is 2.28. The maximum Gasteiger partial charge on any atom is 0.251 e. The fourth-order valence-electron chi connectivity index (χ4n) is 2.54. The van der Waals surface area contributed by atoms with Gasteiger partial charge in [-0.05, 0) is 32.2 Å². The molecule has 0 saturated carbocycles. The lowest BCUT2D eigenvalue weighted by molar-refractivity contribution is -0.128. The SMILES string of the molecule is CCC1CCCCN1C(CC)C(=O)NN. The van der Waals surface area contributed by atoms with Crippen molar-refractivity contribution in [1.29, 1.82) is 0 Å². The van der Waals surface area contributed by atoms with E-state index in [1.54, 1.807) is 0 Å². The zero-order valence-electron chi connectivity index (χ0n) is 9.83. The number of carbonyl (C=O) groups is 1. The number of hydrogen-bond acceptors (Lipinski definition) is 3. The van der Waals surface area contributed by atoms with E-state index in [1.807, 2.05) is 6.92 Å². The Balaban J connectivity index is 2.67. The van der Waals surface area contributed by atoms with Gasteiger partial charge in [-0.15, -0.1) is 0 Å². The minimum atomic E-state index is -0.0437. The summed E-state index contributed by atoms with van der Waals surface area (Å²) >= 11 is 0. The molecule has 2 unspecified atom stereocenters. The van der Waals surface area contributed by atoms with E-state index in [2.05, 4.69) is 17.2 Å². The van der Waals surface area contributed by atoms with Crippen LogP contribution >= 0.6 is 0 Å². The zero-order chi connectivity index (χ0) is 11.3. The van der Waals surface area contributed by atoms with Crippen LogP contribution in [0.3, 0.4) is 0 Å². The molecule has 1 rings (SSSR count). The van der Waals surface area contributed by atoms with Crippen molar-refractivity contribution < 1.29 is 4.79 Å². The third-order valence-corrected chi connectivity index (χ3v) is 3.38. The van der Waals surface area contributed by atoms with Crippen molar-refractivity contribution in [2.24, 2.45) is 5.84 Å². The second-order valence-corrected chi connectivity index (χ2v) is 4.23. The summed E-state index contributed by atoms with van der Waals surface area (Å²) in [6, 6.07) is 0.515. The molecule has 3 N–H and O–H groups in total. The molecule has 1 saturated heterocycles. The van der Waals surface area contributed by atoms with Gasteiger partial charge in [-0.1, -0.05) is 20.3 Å². The predicted molar refractivity (Wildman–Crippen MR) is 61.0 cm³/mol. The zero-order valence-corrected chi connectivity index (χ0v) is 9.83. The fourth-order valence-corrected chi connectivity index (χ4v) is 2.54. The van der Waals surface area contributed by atoms with Crippen molar-refractivity contribution in [1.82, 2.24) is 10.3 Å². The summed E-state index contributed by atoms with van der Waals surface area (Å²) in [5.74, 6) is 5.17. The summed E-state index contributed by atoms with van der Waals surface area (Å²) in [6.07, 6.45) is 5.65. The molecule has 0 aromatic heterocycles. The minimum absolute atomic E-state index is 0.0414. The number of nitrogens with one attached hydrogen (secondary N) is 1. The summed E-state index contributed by atoms with van der Waals surface area (Å²) < 4.78 is 0. The summed E-state index contributed by atoms with van der Waals surface area (Å²) in [6.45, 7) is 5.27. The van der Waals surface area contributed by atoms with Crippen LogP contribution < -0.4 is 11.3 Å². The second-order valence-electron chi connectivity index (χ2n) is 4.23. The lowest BCUT2D eigenvalue weighted by atomic mass is 9.96. The number of rotatable bonds is 4. The van der Waals surface area contributed by atoms with Crippen LogP contribution in [0.2, 0.25) is 0 Å². The van der Waals surface area contributed by atoms with E-state index in [0.717, 1.165) is 19.4 Å². The number of carbonyl (C=O) groups excluding carboxylic acids is 1. The maximum atomic E-state index is 11.6. The van der Waals surface area contributed by atoms with Crippen LogP contribution in [0.1, 0.15) is 46.0 Å². The Labute approximate surface area is 92.2 Å². The number of hydrogen-bond donors (Lipinski definition) is 2. The van der Waals surface area contributed by atoms with Gasteiger partial charge in [0.2, 0.25) is 0 Å². The molecule has 15 heavy (non-hydrogen) atoms. The third kappa shape index (κ3) is 2.92. The van der Waals surface area contributed by atoms with Gasteiger partial charge in [0, 0.05) is 6.04 Å². The van der Waals surface area contributed by atoms with Crippen LogP contribution in [0.25, 0.3) is 0 Å². The Hall–Kier alpha value is -0.610.